The predicted octanol–water partition coefficient (Wildman–Crippen LogP) is 2.21. The summed E-state index contributed by atoms with van der Waals surface area (Å²) in [5, 5.41) is 0. The predicted molar refractivity (Wildman–Crippen MR) is 68.4 cm³/mol. The third kappa shape index (κ3) is 1.87. The number of halogens is 1. The number of nitrogens with two attached hydrogens (primary N) is 1. The summed E-state index contributed by atoms with van der Waals surface area (Å²) in [6.45, 7) is 4.01. The van der Waals surface area contributed by atoms with Gasteiger partial charge in [-0.15, -0.1) is 0 Å². The summed E-state index contributed by atoms with van der Waals surface area (Å²) >= 11 is 3.48. The van der Waals surface area contributed by atoms with E-state index in [9.17, 15) is 4.79 Å². The number of hydrogen-bond acceptors (Lipinski definition) is 2. The molecule has 0 saturated carbocycles. The van der Waals surface area contributed by atoms with Crippen molar-refractivity contribution in [1.82, 2.24) is 0 Å². The summed E-state index contributed by atoms with van der Waals surface area (Å²) in [5.41, 5.74) is 7.97. The van der Waals surface area contributed by atoms with Gasteiger partial charge in [0.05, 0.1) is 0 Å². The Morgan fingerprint density at radius 2 is 2.19 bits per heavy atom. The van der Waals surface area contributed by atoms with Gasteiger partial charge in [0.1, 0.15) is 0 Å². The van der Waals surface area contributed by atoms with Crippen LogP contribution in [0.2, 0.25) is 0 Å². The molecule has 0 aliphatic carbocycles. The van der Waals surface area contributed by atoms with Crippen molar-refractivity contribution in [2.45, 2.75) is 32.4 Å². The van der Waals surface area contributed by atoms with Crippen LogP contribution in [0.15, 0.2) is 22.7 Å². The summed E-state index contributed by atoms with van der Waals surface area (Å²) in [4.78, 5) is 13.6. The van der Waals surface area contributed by atoms with Crippen molar-refractivity contribution in [3.05, 3.63) is 28.2 Å². The quantitative estimate of drug-likeness (QED) is 0.859. The van der Waals surface area contributed by atoms with Gasteiger partial charge in [0, 0.05) is 28.7 Å². The molecule has 0 bridgehead atoms. The molecule has 0 spiro atoms. The minimum Gasteiger partial charge on any atom is -0.325 e. The van der Waals surface area contributed by atoms with Gasteiger partial charge in [0.2, 0.25) is 5.91 Å². The molecule has 3 nitrogen and oxygen atoms in total. The zero-order chi connectivity index (χ0) is 11.9. The molecule has 16 heavy (non-hydrogen) atoms. The van der Waals surface area contributed by atoms with Crippen LogP contribution in [0.1, 0.15) is 18.9 Å². The van der Waals surface area contributed by atoms with Crippen LogP contribution in [0.25, 0.3) is 0 Å². The molecular formula is C12H15BrN2O. The van der Waals surface area contributed by atoms with E-state index in [4.69, 9.17) is 5.73 Å². The van der Waals surface area contributed by atoms with Gasteiger partial charge >= 0.3 is 0 Å². The second-order valence-corrected chi connectivity index (χ2v) is 5.16. The van der Waals surface area contributed by atoms with Gasteiger partial charge in [-0.25, -0.2) is 0 Å². The Morgan fingerprint density at radius 1 is 1.50 bits per heavy atom. The van der Waals surface area contributed by atoms with E-state index in [-0.39, 0.29) is 18.0 Å². The smallest absolute Gasteiger partial charge is 0.228 e. The lowest BCUT2D eigenvalue weighted by atomic mass is 10.1. The number of nitrogens with zero attached hydrogens (tertiary/aromatic N) is 1. The van der Waals surface area contributed by atoms with Gasteiger partial charge in [-0.1, -0.05) is 22.0 Å². The van der Waals surface area contributed by atoms with E-state index >= 15 is 0 Å². The van der Waals surface area contributed by atoms with E-state index < -0.39 is 0 Å². The van der Waals surface area contributed by atoms with E-state index in [2.05, 4.69) is 15.9 Å². The Balaban J connectivity index is 2.37. The molecule has 1 saturated heterocycles. The highest BCUT2D eigenvalue weighted by Gasteiger charge is 2.35. The van der Waals surface area contributed by atoms with E-state index in [1.54, 1.807) is 4.90 Å². The van der Waals surface area contributed by atoms with Crippen molar-refractivity contribution < 1.29 is 4.79 Å². The van der Waals surface area contributed by atoms with E-state index in [1.807, 2.05) is 32.0 Å². The molecule has 1 aromatic carbocycles. The fraction of sp³-hybridized carbons (Fsp3) is 0.417. The Bertz CT molecular complexity index is 433. The SMILES string of the molecule is Cc1ccc(N2C(=O)CC(N)C2C)cc1Br. The highest BCUT2D eigenvalue weighted by Crippen LogP contribution is 2.29. The number of anilines is 1. The lowest BCUT2D eigenvalue weighted by molar-refractivity contribution is -0.117. The van der Waals surface area contributed by atoms with Crippen LogP contribution < -0.4 is 10.6 Å². The average Bonchev–Trinajstić information content (AvgIpc) is 2.47. The summed E-state index contributed by atoms with van der Waals surface area (Å²) in [7, 11) is 0. The van der Waals surface area contributed by atoms with E-state index in [0.717, 1.165) is 15.7 Å². The molecule has 0 radical (unpaired) electrons. The number of carbonyl (C=O) groups excluding carboxylic acids is 1. The topological polar surface area (TPSA) is 46.3 Å². The van der Waals surface area contributed by atoms with Gasteiger partial charge in [-0.2, -0.15) is 0 Å². The fourth-order valence-electron chi connectivity index (χ4n) is 2.00. The molecular weight excluding hydrogens is 268 g/mol. The zero-order valence-electron chi connectivity index (χ0n) is 9.40. The number of rotatable bonds is 1. The first kappa shape index (κ1) is 11.6. The van der Waals surface area contributed by atoms with Crippen LogP contribution in [-0.4, -0.2) is 18.0 Å². The Morgan fingerprint density at radius 3 is 2.69 bits per heavy atom. The molecule has 1 fully saturated rings. The van der Waals surface area contributed by atoms with Gasteiger partial charge in [-0.3, -0.25) is 4.79 Å². The largest absolute Gasteiger partial charge is 0.325 e. The molecule has 2 unspecified atom stereocenters. The first-order valence-electron chi connectivity index (χ1n) is 5.34. The van der Waals surface area contributed by atoms with Gasteiger partial charge < -0.3 is 10.6 Å². The van der Waals surface area contributed by atoms with Gasteiger partial charge in [0.25, 0.3) is 0 Å². The molecule has 1 aromatic rings. The Hall–Kier alpha value is -0.870. The van der Waals surface area contributed by atoms with Crippen LogP contribution >= 0.6 is 15.9 Å². The first-order chi connectivity index (χ1) is 7.50. The maximum atomic E-state index is 11.8. The van der Waals surface area contributed by atoms with Crippen LogP contribution in [0, 0.1) is 6.92 Å². The minimum atomic E-state index is -0.0624. The lowest BCUT2D eigenvalue weighted by Gasteiger charge is -2.23. The standard InChI is InChI=1S/C12H15BrN2O/c1-7-3-4-9(5-10(7)13)15-8(2)11(14)6-12(15)16/h3-5,8,11H,6,14H2,1-2H3. The minimum absolute atomic E-state index is 0.0624. The van der Waals surface area contributed by atoms with E-state index in [0.29, 0.717) is 6.42 Å². The van der Waals surface area contributed by atoms with Crippen molar-refractivity contribution in [2.75, 3.05) is 4.90 Å². The van der Waals surface area contributed by atoms with Crippen LogP contribution in [-0.2, 0) is 4.79 Å². The van der Waals surface area contributed by atoms with Gasteiger partial charge in [0.15, 0.2) is 0 Å². The van der Waals surface area contributed by atoms with Crippen molar-refractivity contribution in [1.29, 1.82) is 0 Å². The zero-order valence-corrected chi connectivity index (χ0v) is 11.0. The summed E-state index contributed by atoms with van der Waals surface area (Å²) in [6, 6.07) is 5.95. The van der Waals surface area contributed by atoms with Crippen LogP contribution in [0.4, 0.5) is 5.69 Å². The molecule has 4 heteroatoms. The van der Waals surface area contributed by atoms with Crippen molar-refractivity contribution in [3.8, 4) is 0 Å². The Kier molecular flexibility index (Phi) is 3.04. The number of carbonyl (C=O) groups is 1. The molecule has 1 amide bonds. The highest BCUT2D eigenvalue weighted by atomic mass is 79.9. The van der Waals surface area contributed by atoms with Gasteiger partial charge in [-0.05, 0) is 31.5 Å². The molecule has 1 heterocycles. The van der Waals surface area contributed by atoms with Crippen LogP contribution in [0.5, 0.6) is 0 Å². The monoisotopic (exact) mass is 282 g/mol. The molecule has 0 aromatic heterocycles. The second kappa shape index (κ2) is 4.18. The highest BCUT2D eigenvalue weighted by molar-refractivity contribution is 9.10. The van der Waals surface area contributed by atoms with Crippen molar-refractivity contribution >= 4 is 27.5 Å². The van der Waals surface area contributed by atoms with Crippen LogP contribution in [0.3, 0.4) is 0 Å². The lowest BCUT2D eigenvalue weighted by Crippen LogP contribution is -2.37. The average molecular weight is 283 g/mol. The summed E-state index contributed by atoms with van der Waals surface area (Å²) in [5.74, 6) is 0.107. The first-order valence-corrected chi connectivity index (χ1v) is 6.14. The summed E-state index contributed by atoms with van der Waals surface area (Å²) in [6.07, 6.45) is 0.437. The number of benzene rings is 1. The number of aryl methyl sites for hydroxylation is 1. The van der Waals surface area contributed by atoms with Crippen molar-refractivity contribution in [3.63, 3.8) is 0 Å². The second-order valence-electron chi connectivity index (χ2n) is 4.31. The molecule has 2 atom stereocenters. The number of hydrogen-bond donors (Lipinski definition) is 1. The molecule has 86 valence electrons. The normalized spacial score (nSPS) is 25.2. The number of amides is 1. The summed E-state index contributed by atoms with van der Waals surface area (Å²) < 4.78 is 1.02. The molecule has 2 rings (SSSR count). The third-order valence-corrected chi connectivity index (χ3v) is 3.99. The fourth-order valence-corrected chi connectivity index (χ4v) is 2.37. The molecule has 1 aliphatic rings. The van der Waals surface area contributed by atoms with E-state index in [1.165, 1.54) is 0 Å². The molecule has 1 aliphatic heterocycles. The maximum absolute atomic E-state index is 11.8. The molecule has 2 N–H and O–H groups in total. The maximum Gasteiger partial charge on any atom is 0.228 e. The van der Waals surface area contributed by atoms with Crippen molar-refractivity contribution in [2.24, 2.45) is 5.73 Å². The Labute approximate surface area is 104 Å². The third-order valence-electron chi connectivity index (χ3n) is 3.14.